The van der Waals surface area contributed by atoms with Crippen LogP contribution in [0.2, 0.25) is 0 Å². The van der Waals surface area contributed by atoms with E-state index >= 15 is 0 Å². The maximum absolute atomic E-state index is 13.5. The third-order valence-electron chi connectivity index (χ3n) is 5.24. The first-order valence-electron chi connectivity index (χ1n) is 12.0. The number of thioether (sulfide) groups is 1. The fourth-order valence-corrected chi connectivity index (χ4v) is 4.27. The quantitative estimate of drug-likeness (QED) is 0.204. The van der Waals surface area contributed by atoms with Crippen LogP contribution in [0.1, 0.15) is 34.1 Å². The maximum Gasteiger partial charge on any atom is 0.434 e. The average molecular weight is 517 g/mol. The molecule has 0 spiro atoms. The number of urea groups is 1. The van der Waals surface area contributed by atoms with Crippen molar-refractivity contribution in [3.63, 3.8) is 0 Å². The summed E-state index contributed by atoms with van der Waals surface area (Å²) in [6.07, 6.45) is 1.93. The summed E-state index contributed by atoms with van der Waals surface area (Å²) in [6, 6.07) is 21.8. The zero-order valence-corrected chi connectivity index (χ0v) is 22.6. The van der Waals surface area contributed by atoms with Gasteiger partial charge < -0.3 is 10.1 Å². The highest BCUT2D eigenvalue weighted by Gasteiger charge is 2.31. The van der Waals surface area contributed by atoms with Gasteiger partial charge in [0.25, 0.3) is 0 Å². The molecule has 0 radical (unpaired) electrons. The van der Waals surface area contributed by atoms with Crippen molar-refractivity contribution in [1.29, 1.82) is 0 Å². The minimum absolute atomic E-state index is 0.256. The topological polar surface area (TPSA) is 66.2 Å². The van der Waals surface area contributed by atoms with E-state index in [1.54, 1.807) is 56.8 Å². The van der Waals surface area contributed by atoms with E-state index in [-0.39, 0.29) is 6.54 Å². The Balaban J connectivity index is 1.91. The van der Waals surface area contributed by atoms with Gasteiger partial charge in [-0.05, 0) is 74.9 Å². The molecule has 3 amide bonds. The summed E-state index contributed by atoms with van der Waals surface area (Å²) >= 11 is 1.68. The molecule has 0 bridgehead atoms. The van der Waals surface area contributed by atoms with Crippen molar-refractivity contribution in [2.45, 2.75) is 44.6 Å². The molecule has 3 rings (SSSR count). The van der Waals surface area contributed by atoms with E-state index in [9.17, 15) is 9.59 Å². The number of hydrogen-bond acceptors (Lipinski definition) is 4. The Kier molecular flexibility index (Phi) is 9.20. The highest BCUT2D eigenvalue weighted by atomic mass is 32.2. The number of anilines is 2. The number of hydrazine groups is 1. The summed E-state index contributed by atoms with van der Waals surface area (Å²) in [4.78, 5) is 31.4. The van der Waals surface area contributed by atoms with Crippen molar-refractivity contribution in [1.82, 2.24) is 5.01 Å². The Hall–Kier alpha value is -3.96. The molecular weight excluding hydrogens is 484 g/mol. The van der Waals surface area contributed by atoms with Gasteiger partial charge in [0.05, 0.1) is 12.3 Å². The molecule has 0 saturated carbocycles. The lowest BCUT2D eigenvalue weighted by atomic mass is 10.1. The van der Waals surface area contributed by atoms with Crippen LogP contribution in [0.5, 0.6) is 0 Å². The fraction of sp³-hybridized carbons (Fsp3) is 0.276. The van der Waals surface area contributed by atoms with E-state index in [1.807, 2.05) is 49.6 Å². The molecule has 3 aromatic rings. The van der Waals surface area contributed by atoms with Crippen LogP contribution in [0.25, 0.3) is 16.0 Å². The van der Waals surface area contributed by atoms with E-state index in [0.717, 1.165) is 11.1 Å². The van der Waals surface area contributed by atoms with Gasteiger partial charge in [0.1, 0.15) is 5.60 Å². The lowest BCUT2D eigenvalue weighted by Gasteiger charge is -2.35. The minimum atomic E-state index is -0.774. The first-order valence-corrected chi connectivity index (χ1v) is 13.2. The van der Waals surface area contributed by atoms with Crippen molar-refractivity contribution in [3.05, 3.63) is 84.2 Å². The molecule has 0 unspecified atom stereocenters. The third-order valence-corrected chi connectivity index (χ3v) is 6.03. The molecule has 0 atom stereocenters. The van der Waals surface area contributed by atoms with Crippen LogP contribution in [0.4, 0.5) is 26.7 Å². The number of nitrogens with one attached hydrogen (secondary N) is 1. The van der Waals surface area contributed by atoms with Crippen LogP contribution in [0, 0.1) is 6.57 Å². The van der Waals surface area contributed by atoms with Crippen molar-refractivity contribution >= 4 is 40.9 Å². The van der Waals surface area contributed by atoms with Crippen LogP contribution in [0.3, 0.4) is 0 Å². The SMILES string of the molecule is [C-]#[N+]c1cccc(N(C(=O)OC(C)(C)C)N(CCC)C(=O)Nc2ccc(-c3ccccc3SC)cc2)c1. The van der Waals surface area contributed by atoms with E-state index in [4.69, 9.17) is 11.3 Å². The second kappa shape index (κ2) is 12.3. The molecule has 37 heavy (non-hydrogen) atoms. The number of amides is 3. The van der Waals surface area contributed by atoms with Crippen LogP contribution in [-0.4, -0.2) is 35.5 Å². The van der Waals surface area contributed by atoms with Gasteiger partial charge in [-0.3, -0.25) is 0 Å². The van der Waals surface area contributed by atoms with Gasteiger partial charge in [-0.25, -0.2) is 19.4 Å². The summed E-state index contributed by atoms with van der Waals surface area (Å²) in [6.45, 7) is 14.8. The third kappa shape index (κ3) is 7.28. The molecule has 7 nitrogen and oxygen atoms in total. The van der Waals surface area contributed by atoms with Crippen molar-refractivity contribution in [3.8, 4) is 11.1 Å². The zero-order valence-electron chi connectivity index (χ0n) is 21.8. The first kappa shape index (κ1) is 27.6. The molecule has 8 heteroatoms. The monoisotopic (exact) mass is 516 g/mol. The Morgan fingerprint density at radius 3 is 2.35 bits per heavy atom. The summed E-state index contributed by atoms with van der Waals surface area (Å²) < 4.78 is 5.63. The van der Waals surface area contributed by atoms with Crippen LogP contribution in [-0.2, 0) is 4.74 Å². The van der Waals surface area contributed by atoms with Crippen molar-refractivity contribution < 1.29 is 14.3 Å². The number of nitrogens with zero attached hydrogens (tertiary/aromatic N) is 3. The summed E-state index contributed by atoms with van der Waals surface area (Å²) in [5.74, 6) is 0. The Morgan fingerprint density at radius 1 is 1.03 bits per heavy atom. The van der Waals surface area contributed by atoms with E-state index in [2.05, 4.69) is 22.3 Å². The molecule has 1 N–H and O–H groups in total. The van der Waals surface area contributed by atoms with E-state index in [1.165, 1.54) is 14.9 Å². The van der Waals surface area contributed by atoms with Gasteiger partial charge in [0.15, 0.2) is 5.69 Å². The van der Waals surface area contributed by atoms with Crippen molar-refractivity contribution in [2.24, 2.45) is 0 Å². The standard InChI is InChI=1S/C29H32N4O3S/c1-7-19-32(33(28(35)36-29(2,3)4)24-12-10-11-23(20-24)30-5)27(34)31-22-17-15-21(16-18-22)25-13-8-9-14-26(25)37-6/h8-18,20H,7,19H2,1-4,6H3,(H,31,34). The number of rotatable bonds is 6. The number of benzene rings is 3. The predicted octanol–water partition coefficient (Wildman–Crippen LogP) is 8.23. The molecule has 0 fully saturated rings. The summed E-state index contributed by atoms with van der Waals surface area (Å²) in [7, 11) is 0. The normalized spacial score (nSPS) is 10.8. The van der Waals surface area contributed by atoms with Gasteiger partial charge in [0, 0.05) is 17.1 Å². The maximum atomic E-state index is 13.5. The highest BCUT2D eigenvalue weighted by Crippen LogP contribution is 2.31. The van der Waals surface area contributed by atoms with Crippen LogP contribution < -0.4 is 10.3 Å². The van der Waals surface area contributed by atoms with Gasteiger partial charge in [0.2, 0.25) is 0 Å². The zero-order chi connectivity index (χ0) is 27.0. The number of hydrogen-bond donors (Lipinski definition) is 1. The molecule has 0 heterocycles. The lowest BCUT2D eigenvalue weighted by Crippen LogP contribution is -2.53. The lowest BCUT2D eigenvalue weighted by molar-refractivity contribution is 0.0492. The van der Waals surface area contributed by atoms with Gasteiger partial charge >= 0.3 is 12.1 Å². The second-order valence-electron chi connectivity index (χ2n) is 9.25. The second-order valence-corrected chi connectivity index (χ2v) is 10.1. The molecule has 0 aliphatic rings. The van der Waals surface area contributed by atoms with Crippen LogP contribution >= 0.6 is 11.8 Å². The Labute approximate surface area is 223 Å². The van der Waals surface area contributed by atoms with Gasteiger partial charge in [-0.1, -0.05) is 49.4 Å². The largest absolute Gasteiger partial charge is 0.442 e. The molecule has 0 aromatic heterocycles. The number of carbonyl (C=O) groups is 2. The Morgan fingerprint density at radius 2 is 1.73 bits per heavy atom. The smallest absolute Gasteiger partial charge is 0.434 e. The molecular formula is C29H32N4O3S. The van der Waals surface area contributed by atoms with Crippen LogP contribution in [0.15, 0.2) is 77.7 Å². The van der Waals surface area contributed by atoms with Crippen molar-refractivity contribution in [2.75, 3.05) is 23.1 Å². The predicted molar refractivity (Wildman–Crippen MR) is 151 cm³/mol. The molecule has 0 aliphatic carbocycles. The Bertz CT molecular complexity index is 1280. The fourth-order valence-electron chi connectivity index (χ4n) is 3.65. The highest BCUT2D eigenvalue weighted by molar-refractivity contribution is 7.98. The average Bonchev–Trinajstić information content (AvgIpc) is 2.88. The number of ether oxygens (including phenoxy) is 1. The van der Waals surface area contributed by atoms with E-state index < -0.39 is 17.7 Å². The molecule has 0 saturated heterocycles. The first-order chi connectivity index (χ1) is 17.7. The van der Waals surface area contributed by atoms with Gasteiger partial charge in [-0.2, -0.15) is 5.01 Å². The molecule has 0 aliphatic heterocycles. The summed E-state index contributed by atoms with van der Waals surface area (Å²) in [5, 5.41) is 5.41. The van der Waals surface area contributed by atoms with Gasteiger partial charge in [-0.15, -0.1) is 11.8 Å². The molecule has 3 aromatic carbocycles. The molecule has 192 valence electrons. The summed E-state index contributed by atoms with van der Waals surface area (Å²) in [5.41, 5.74) is 2.70. The number of carbonyl (C=O) groups excluding carboxylic acids is 2. The minimum Gasteiger partial charge on any atom is -0.442 e. The van der Waals surface area contributed by atoms with E-state index in [0.29, 0.717) is 23.5 Å².